The second kappa shape index (κ2) is 11.1. The molecule has 140 valence electrons. The highest BCUT2D eigenvalue weighted by Crippen LogP contribution is 2.11. The van der Waals surface area contributed by atoms with Crippen LogP contribution in [-0.4, -0.2) is 73.4 Å². The van der Waals surface area contributed by atoms with Gasteiger partial charge in [0.25, 0.3) is 0 Å². The number of likely N-dealkylation sites (N-methyl/N-ethyl adjacent to an activating group) is 1. The largest absolute Gasteiger partial charge is 0.394 e. The number of carbonyl (C=O) groups excluding carboxylic acids is 1. The first kappa shape index (κ1) is 19.7. The number of benzene rings is 1. The Balaban J connectivity index is 1.56. The average Bonchev–Trinajstić information content (AvgIpc) is 2.67. The Labute approximate surface area is 151 Å². The van der Waals surface area contributed by atoms with E-state index in [1.54, 1.807) is 0 Å². The number of rotatable bonds is 9. The third-order valence-corrected chi connectivity index (χ3v) is 4.79. The number of piperazine rings is 1. The summed E-state index contributed by atoms with van der Waals surface area (Å²) < 4.78 is 0. The topological polar surface area (TPSA) is 67.8 Å². The molecule has 0 radical (unpaired) electrons. The number of nitrogens with one attached hydrogen (secondary N) is 2. The monoisotopic (exact) mass is 348 g/mol. The van der Waals surface area contributed by atoms with Crippen molar-refractivity contribution in [3.63, 3.8) is 0 Å². The molecule has 1 unspecified atom stereocenters. The molecule has 1 fully saturated rings. The quantitative estimate of drug-likeness (QED) is 0.591. The molecule has 1 aliphatic heterocycles. The summed E-state index contributed by atoms with van der Waals surface area (Å²) in [6, 6.07) is 8.94. The zero-order valence-electron chi connectivity index (χ0n) is 15.3. The Hall–Kier alpha value is -1.63. The number of hydrogen-bond donors (Lipinski definition) is 3. The molecular weight excluding hydrogens is 316 g/mol. The predicted octanol–water partition coefficient (Wildman–Crippen LogP) is 1.44. The van der Waals surface area contributed by atoms with Crippen LogP contribution in [0.5, 0.6) is 0 Å². The van der Waals surface area contributed by atoms with Crippen LogP contribution < -0.4 is 10.6 Å². The van der Waals surface area contributed by atoms with E-state index in [1.807, 2.05) is 30.3 Å². The molecule has 3 N–H and O–H groups in total. The van der Waals surface area contributed by atoms with Crippen molar-refractivity contribution in [2.75, 3.05) is 52.4 Å². The third-order valence-electron chi connectivity index (χ3n) is 4.79. The van der Waals surface area contributed by atoms with E-state index in [9.17, 15) is 9.90 Å². The maximum atomic E-state index is 12.0. The number of unbranched alkanes of at least 4 members (excludes halogenated alkanes) is 1. The second-order valence-corrected chi connectivity index (χ2v) is 6.53. The van der Waals surface area contributed by atoms with Gasteiger partial charge in [0.1, 0.15) is 0 Å². The average molecular weight is 348 g/mol. The number of hydrogen-bond acceptors (Lipinski definition) is 4. The molecule has 25 heavy (non-hydrogen) atoms. The third kappa shape index (κ3) is 7.02. The molecule has 0 spiro atoms. The zero-order chi connectivity index (χ0) is 17.9. The Morgan fingerprint density at radius 3 is 2.44 bits per heavy atom. The van der Waals surface area contributed by atoms with Gasteiger partial charge >= 0.3 is 6.03 Å². The lowest BCUT2D eigenvalue weighted by atomic mass is 10.1. The summed E-state index contributed by atoms with van der Waals surface area (Å²) in [6.45, 7) is 9.64. The van der Waals surface area contributed by atoms with Crippen LogP contribution in [0.3, 0.4) is 0 Å². The van der Waals surface area contributed by atoms with Crippen molar-refractivity contribution in [2.24, 2.45) is 0 Å². The van der Waals surface area contributed by atoms with Crippen LogP contribution in [0.2, 0.25) is 0 Å². The summed E-state index contributed by atoms with van der Waals surface area (Å²) in [5.74, 6) is 0. The lowest BCUT2D eigenvalue weighted by molar-refractivity contribution is 0.135. The predicted molar refractivity (Wildman–Crippen MR) is 101 cm³/mol. The van der Waals surface area contributed by atoms with E-state index in [1.165, 1.54) is 13.1 Å². The fourth-order valence-electron chi connectivity index (χ4n) is 3.12. The molecule has 0 saturated carbocycles. The standard InChI is InChI=1S/C19H32N4O2/c1-2-22-12-14-23(15-13-22)11-7-6-10-20-19(25)21-18(16-24)17-8-4-3-5-9-17/h3-5,8-9,18,24H,2,6-7,10-16H2,1H3,(H2,20,21,25). The van der Waals surface area contributed by atoms with Crippen molar-refractivity contribution < 1.29 is 9.90 Å². The number of aliphatic hydroxyl groups is 1. The van der Waals surface area contributed by atoms with Crippen LogP contribution in [0.25, 0.3) is 0 Å². The van der Waals surface area contributed by atoms with Crippen molar-refractivity contribution >= 4 is 6.03 Å². The minimum atomic E-state index is -0.365. The van der Waals surface area contributed by atoms with Crippen LogP contribution in [0.15, 0.2) is 30.3 Å². The van der Waals surface area contributed by atoms with Gasteiger partial charge in [-0.2, -0.15) is 0 Å². The van der Waals surface area contributed by atoms with Gasteiger partial charge in [-0.25, -0.2) is 4.79 Å². The maximum Gasteiger partial charge on any atom is 0.315 e. The van der Waals surface area contributed by atoms with E-state index in [0.717, 1.165) is 44.6 Å². The molecule has 1 aromatic rings. The van der Waals surface area contributed by atoms with Gasteiger partial charge in [0.15, 0.2) is 0 Å². The molecule has 1 atom stereocenters. The summed E-state index contributed by atoms with van der Waals surface area (Å²) in [5, 5.41) is 15.2. The Bertz CT molecular complexity index is 489. The van der Waals surface area contributed by atoms with Crippen LogP contribution in [0.1, 0.15) is 31.4 Å². The molecule has 0 bridgehead atoms. The van der Waals surface area contributed by atoms with E-state index in [-0.39, 0.29) is 18.7 Å². The first-order valence-corrected chi connectivity index (χ1v) is 9.37. The number of amides is 2. The van der Waals surface area contributed by atoms with Crippen LogP contribution in [0.4, 0.5) is 4.79 Å². The van der Waals surface area contributed by atoms with Gasteiger partial charge in [0, 0.05) is 32.7 Å². The van der Waals surface area contributed by atoms with Gasteiger partial charge in [0.2, 0.25) is 0 Å². The number of nitrogens with zero attached hydrogens (tertiary/aromatic N) is 2. The van der Waals surface area contributed by atoms with Crippen LogP contribution >= 0.6 is 0 Å². The van der Waals surface area contributed by atoms with Gasteiger partial charge < -0.3 is 25.5 Å². The van der Waals surface area contributed by atoms with E-state index in [4.69, 9.17) is 0 Å². The molecule has 1 aromatic carbocycles. The molecule has 2 rings (SSSR count). The number of carbonyl (C=O) groups is 1. The first-order valence-electron chi connectivity index (χ1n) is 9.37. The van der Waals surface area contributed by atoms with Crippen molar-refractivity contribution in [2.45, 2.75) is 25.8 Å². The fourth-order valence-corrected chi connectivity index (χ4v) is 3.12. The summed E-state index contributed by atoms with van der Waals surface area (Å²) in [4.78, 5) is 17.0. The molecule has 6 nitrogen and oxygen atoms in total. The molecule has 0 aromatic heterocycles. The zero-order valence-corrected chi connectivity index (χ0v) is 15.3. The van der Waals surface area contributed by atoms with E-state index in [0.29, 0.717) is 6.54 Å². The van der Waals surface area contributed by atoms with Crippen molar-refractivity contribution in [1.82, 2.24) is 20.4 Å². The van der Waals surface area contributed by atoms with Crippen molar-refractivity contribution in [3.05, 3.63) is 35.9 Å². The molecule has 1 heterocycles. The maximum absolute atomic E-state index is 12.0. The molecule has 2 amide bonds. The summed E-state index contributed by atoms with van der Waals surface area (Å²) in [6.07, 6.45) is 2.06. The van der Waals surface area contributed by atoms with E-state index < -0.39 is 0 Å². The van der Waals surface area contributed by atoms with Crippen LogP contribution in [-0.2, 0) is 0 Å². The van der Waals surface area contributed by atoms with E-state index >= 15 is 0 Å². The van der Waals surface area contributed by atoms with Crippen molar-refractivity contribution in [1.29, 1.82) is 0 Å². The fraction of sp³-hybridized carbons (Fsp3) is 0.632. The highest BCUT2D eigenvalue weighted by Gasteiger charge is 2.15. The van der Waals surface area contributed by atoms with Gasteiger partial charge in [-0.05, 0) is 31.5 Å². The lowest BCUT2D eigenvalue weighted by Crippen LogP contribution is -2.46. The Kier molecular flexibility index (Phi) is 8.72. The lowest BCUT2D eigenvalue weighted by Gasteiger charge is -2.33. The van der Waals surface area contributed by atoms with Gasteiger partial charge in [-0.15, -0.1) is 0 Å². The van der Waals surface area contributed by atoms with Gasteiger partial charge in [0.05, 0.1) is 12.6 Å². The molecule has 1 aliphatic rings. The highest BCUT2D eigenvalue weighted by atomic mass is 16.3. The second-order valence-electron chi connectivity index (χ2n) is 6.53. The van der Waals surface area contributed by atoms with Crippen LogP contribution in [0, 0.1) is 0 Å². The summed E-state index contributed by atoms with van der Waals surface area (Å²) in [5.41, 5.74) is 0.909. The first-order chi connectivity index (χ1) is 12.2. The minimum Gasteiger partial charge on any atom is -0.394 e. The number of aliphatic hydroxyl groups excluding tert-OH is 1. The normalized spacial score (nSPS) is 17.2. The molecule has 0 aliphatic carbocycles. The molecular formula is C19H32N4O2. The molecule has 1 saturated heterocycles. The van der Waals surface area contributed by atoms with E-state index in [2.05, 4.69) is 27.4 Å². The minimum absolute atomic E-state index is 0.110. The summed E-state index contributed by atoms with van der Waals surface area (Å²) in [7, 11) is 0. The Morgan fingerprint density at radius 2 is 1.80 bits per heavy atom. The summed E-state index contributed by atoms with van der Waals surface area (Å²) >= 11 is 0. The number of urea groups is 1. The van der Waals surface area contributed by atoms with Crippen molar-refractivity contribution in [3.8, 4) is 0 Å². The van der Waals surface area contributed by atoms with Gasteiger partial charge in [-0.1, -0.05) is 37.3 Å². The Morgan fingerprint density at radius 1 is 1.12 bits per heavy atom. The highest BCUT2D eigenvalue weighted by molar-refractivity contribution is 5.74. The SMILES string of the molecule is CCN1CCN(CCCCNC(=O)NC(CO)c2ccccc2)CC1. The van der Waals surface area contributed by atoms with Gasteiger partial charge in [-0.3, -0.25) is 0 Å². The smallest absolute Gasteiger partial charge is 0.315 e. The molecule has 6 heteroatoms.